The molecule has 0 saturated heterocycles. The summed E-state index contributed by atoms with van der Waals surface area (Å²) in [6.07, 6.45) is 0. The van der Waals surface area contributed by atoms with Crippen LogP contribution in [0, 0.1) is 5.82 Å². The van der Waals surface area contributed by atoms with Crippen LogP contribution in [0.4, 0.5) is 4.39 Å². The normalized spacial score (nSPS) is 10.3. The van der Waals surface area contributed by atoms with Crippen LogP contribution in [0.15, 0.2) is 42.5 Å². The van der Waals surface area contributed by atoms with Gasteiger partial charge in [0.05, 0.1) is 7.11 Å². The second-order valence-electron chi connectivity index (χ2n) is 5.06. The van der Waals surface area contributed by atoms with Crippen molar-refractivity contribution in [1.82, 2.24) is 0 Å². The molecule has 0 unspecified atom stereocenters. The maximum atomic E-state index is 12.8. The van der Waals surface area contributed by atoms with Gasteiger partial charge in [-0.3, -0.25) is 4.79 Å². The first kappa shape index (κ1) is 16.8. The highest BCUT2D eigenvalue weighted by atomic mass is 19.1. The lowest BCUT2D eigenvalue weighted by Gasteiger charge is -2.11. The number of ether oxygens (including phenoxy) is 2. The molecule has 0 fully saturated rings. The zero-order chi connectivity index (χ0) is 16.7. The monoisotopic (exact) mass is 319 g/mol. The van der Waals surface area contributed by atoms with Crippen molar-refractivity contribution in [3.63, 3.8) is 0 Å². The molecule has 0 aliphatic rings. The molecule has 6 heteroatoms. The molecule has 0 bridgehead atoms. The lowest BCUT2D eigenvalue weighted by Crippen LogP contribution is -2.80. The van der Waals surface area contributed by atoms with Gasteiger partial charge in [-0.15, -0.1) is 0 Å². The maximum Gasteiger partial charge on any atom is 0.255 e. The van der Waals surface area contributed by atoms with Gasteiger partial charge in [0.2, 0.25) is 0 Å². The number of methoxy groups -OCH3 is 1. The molecule has 2 rings (SSSR count). The lowest BCUT2D eigenvalue weighted by atomic mass is 10.2. The van der Waals surface area contributed by atoms with Crippen LogP contribution in [0.1, 0.15) is 11.1 Å². The van der Waals surface area contributed by atoms with Crippen molar-refractivity contribution in [1.29, 1.82) is 0 Å². The number of quaternary nitrogens is 1. The minimum atomic E-state index is -0.538. The first-order chi connectivity index (χ1) is 11.1. The molecular weight excluding hydrogens is 299 g/mol. The van der Waals surface area contributed by atoms with Gasteiger partial charge in [0.25, 0.3) is 5.91 Å². The molecule has 2 aromatic carbocycles. The van der Waals surface area contributed by atoms with E-state index in [0.717, 1.165) is 24.2 Å². The second-order valence-corrected chi connectivity index (χ2v) is 5.06. The van der Waals surface area contributed by atoms with Gasteiger partial charge in [0.15, 0.2) is 18.1 Å². The number of carbonyl (C=O) groups is 1. The third-order valence-electron chi connectivity index (χ3n) is 3.27. The predicted octanol–water partition coefficient (Wildman–Crippen LogP) is 0.962. The first-order valence-corrected chi connectivity index (χ1v) is 7.22. The van der Waals surface area contributed by atoms with E-state index in [1.54, 1.807) is 25.3 Å². The SMILES string of the molecule is COc1cc(C[NH2+]Cc2ccc(F)cc2)ccc1OCC(N)=O. The topological polar surface area (TPSA) is 78.2 Å². The quantitative estimate of drug-likeness (QED) is 0.761. The smallest absolute Gasteiger partial charge is 0.255 e. The summed E-state index contributed by atoms with van der Waals surface area (Å²) >= 11 is 0. The Hall–Kier alpha value is -2.60. The molecule has 0 aliphatic carbocycles. The fraction of sp³-hybridized carbons (Fsp3) is 0.235. The average Bonchev–Trinajstić information content (AvgIpc) is 2.55. The van der Waals surface area contributed by atoms with Crippen molar-refractivity contribution in [3.05, 3.63) is 59.4 Å². The molecule has 0 aliphatic heterocycles. The first-order valence-electron chi connectivity index (χ1n) is 7.22. The van der Waals surface area contributed by atoms with Gasteiger partial charge in [-0.05, 0) is 30.3 Å². The molecular formula is C17H20FN2O3+. The summed E-state index contributed by atoms with van der Waals surface area (Å²) in [5.41, 5.74) is 7.17. The molecule has 0 spiro atoms. The standard InChI is InChI=1S/C17H19FN2O3/c1-22-16-8-13(4-7-15(16)23-11-17(19)21)10-20-9-12-2-5-14(18)6-3-12/h2-8,20H,9-11H2,1H3,(H2,19,21)/p+1. The minimum Gasteiger partial charge on any atom is -0.493 e. The molecule has 1 amide bonds. The molecule has 0 saturated carbocycles. The third-order valence-corrected chi connectivity index (χ3v) is 3.27. The van der Waals surface area contributed by atoms with E-state index in [1.807, 2.05) is 12.1 Å². The highest BCUT2D eigenvalue weighted by Gasteiger charge is 2.08. The number of hydrogen-bond donors (Lipinski definition) is 2. The summed E-state index contributed by atoms with van der Waals surface area (Å²) in [7, 11) is 1.54. The summed E-state index contributed by atoms with van der Waals surface area (Å²) < 4.78 is 23.4. The zero-order valence-corrected chi connectivity index (χ0v) is 12.9. The van der Waals surface area contributed by atoms with Crippen LogP contribution < -0.4 is 20.5 Å². The molecule has 0 aromatic heterocycles. The van der Waals surface area contributed by atoms with Crippen molar-refractivity contribution >= 4 is 5.91 Å². The number of benzene rings is 2. The van der Waals surface area contributed by atoms with Crippen molar-refractivity contribution < 1.29 is 24.0 Å². The number of rotatable bonds is 8. The summed E-state index contributed by atoms with van der Waals surface area (Å²) in [4.78, 5) is 10.8. The Morgan fingerprint density at radius 1 is 1.09 bits per heavy atom. The van der Waals surface area contributed by atoms with E-state index in [9.17, 15) is 9.18 Å². The van der Waals surface area contributed by atoms with E-state index < -0.39 is 5.91 Å². The van der Waals surface area contributed by atoms with E-state index in [0.29, 0.717) is 11.5 Å². The number of nitrogens with two attached hydrogens (primary N) is 2. The summed E-state index contributed by atoms with van der Waals surface area (Å²) in [5.74, 6) is 0.265. The number of amides is 1. The van der Waals surface area contributed by atoms with Crippen LogP contribution in [0.3, 0.4) is 0 Å². The summed E-state index contributed by atoms with van der Waals surface area (Å²) in [6, 6.07) is 12.0. The van der Waals surface area contributed by atoms with Crippen LogP contribution in [-0.4, -0.2) is 19.6 Å². The van der Waals surface area contributed by atoms with Crippen molar-refractivity contribution in [2.24, 2.45) is 5.73 Å². The van der Waals surface area contributed by atoms with Crippen molar-refractivity contribution in [2.45, 2.75) is 13.1 Å². The Morgan fingerprint density at radius 3 is 2.39 bits per heavy atom. The van der Waals surface area contributed by atoms with Gasteiger partial charge in [-0.25, -0.2) is 4.39 Å². The highest BCUT2D eigenvalue weighted by Crippen LogP contribution is 2.27. The molecule has 0 radical (unpaired) electrons. The Morgan fingerprint density at radius 2 is 1.74 bits per heavy atom. The Kier molecular flexibility index (Phi) is 5.94. The molecule has 0 atom stereocenters. The fourth-order valence-corrected chi connectivity index (χ4v) is 2.13. The number of primary amides is 1. The fourth-order valence-electron chi connectivity index (χ4n) is 2.13. The number of halogens is 1. The van der Waals surface area contributed by atoms with E-state index in [4.69, 9.17) is 15.2 Å². The van der Waals surface area contributed by atoms with Crippen molar-refractivity contribution in [3.8, 4) is 11.5 Å². The molecule has 0 heterocycles. The van der Waals surface area contributed by atoms with E-state index in [1.165, 1.54) is 12.1 Å². The lowest BCUT2D eigenvalue weighted by molar-refractivity contribution is -0.686. The largest absolute Gasteiger partial charge is 0.493 e. The minimum absolute atomic E-state index is 0.188. The van der Waals surface area contributed by atoms with Gasteiger partial charge in [0, 0.05) is 11.1 Å². The predicted molar refractivity (Wildman–Crippen MR) is 83.4 cm³/mol. The Balaban J connectivity index is 1.92. The Bertz CT molecular complexity index is 659. The van der Waals surface area contributed by atoms with Gasteiger partial charge in [-0.1, -0.05) is 12.1 Å². The highest BCUT2D eigenvalue weighted by molar-refractivity contribution is 5.75. The van der Waals surface area contributed by atoms with Crippen LogP contribution in [0.5, 0.6) is 11.5 Å². The van der Waals surface area contributed by atoms with E-state index in [-0.39, 0.29) is 12.4 Å². The molecule has 2 aromatic rings. The van der Waals surface area contributed by atoms with E-state index in [2.05, 4.69) is 5.32 Å². The van der Waals surface area contributed by atoms with Crippen molar-refractivity contribution in [2.75, 3.05) is 13.7 Å². The van der Waals surface area contributed by atoms with Crippen LogP contribution in [0.2, 0.25) is 0 Å². The van der Waals surface area contributed by atoms with Crippen LogP contribution >= 0.6 is 0 Å². The zero-order valence-electron chi connectivity index (χ0n) is 12.9. The molecule has 23 heavy (non-hydrogen) atoms. The van der Waals surface area contributed by atoms with Crippen LogP contribution in [-0.2, 0) is 17.9 Å². The molecule has 122 valence electrons. The Labute approximate surface area is 134 Å². The van der Waals surface area contributed by atoms with E-state index >= 15 is 0 Å². The van der Waals surface area contributed by atoms with Gasteiger partial charge >= 0.3 is 0 Å². The van der Waals surface area contributed by atoms with Gasteiger partial charge in [-0.2, -0.15) is 0 Å². The number of carbonyl (C=O) groups excluding carboxylic acids is 1. The third kappa shape index (κ3) is 5.27. The van der Waals surface area contributed by atoms with Gasteiger partial charge < -0.3 is 20.5 Å². The molecule has 5 nitrogen and oxygen atoms in total. The maximum absolute atomic E-state index is 12.8. The van der Waals surface area contributed by atoms with Gasteiger partial charge in [0.1, 0.15) is 18.9 Å². The second kappa shape index (κ2) is 8.14. The molecule has 4 N–H and O–H groups in total. The average molecular weight is 319 g/mol. The summed E-state index contributed by atoms with van der Waals surface area (Å²) in [6.45, 7) is 1.30. The summed E-state index contributed by atoms with van der Waals surface area (Å²) in [5, 5.41) is 2.10. The number of hydrogen-bond acceptors (Lipinski definition) is 3. The van der Waals surface area contributed by atoms with Crippen LogP contribution in [0.25, 0.3) is 0 Å².